The zero-order valence-corrected chi connectivity index (χ0v) is 16.4. The summed E-state index contributed by atoms with van der Waals surface area (Å²) in [6.07, 6.45) is 2.99. The number of aliphatic carboxylic acids is 1. The second-order valence-electron chi connectivity index (χ2n) is 6.55. The first-order valence-electron chi connectivity index (χ1n) is 9.59. The summed E-state index contributed by atoms with van der Waals surface area (Å²) in [6, 6.07) is 13.2. The molecule has 0 amide bonds. The molecule has 0 spiro atoms. The predicted molar refractivity (Wildman–Crippen MR) is 108 cm³/mol. The number of alkyl halides is 2. The highest BCUT2D eigenvalue weighted by atomic mass is 19.3. The lowest BCUT2D eigenvalue weighted by atomic mass is 10.1. The molecule has 7 heteroatoms. The van der Waals surface area contributed by atoms with Gasteiger partial charge in [-0.25, -0.2) is 4.79 Å². The lowest BCUT2D eigenvalue weighted by Gasteiger charge is -2.18. The zero-order chi connectivity index (χ0) is 21.8. The van der Waals surface area contributed by atoms with E-state index in [-0.39, 0.29) is 11.3 Å². The summed E-state index contributed by atoms with van der Waals surface area (Å²) in [4.78, 5) is 10.5. The average molecular weight is 415 g/mol. The fourth-order valence-corrected chi connectivity index (χ4v) is 2.62. The Balaban J connectivity index is 1.85. The molecule has 0 aromatic heterocycles. The van der Waals surface area contributed by atoms with Crippen LogP contribution < -0.4 is 9.47 Å². The van der Waals surface area contributed by atoms with Crippen LogP contribution in [0.1, 0.15) is 43.2 Å². The Morgan fingerprint density at radius 2 is 1.63 bits per heavy atom. The van der Waals surface area contributed by atoms with Crippen LogP contribution in [-0.2, 0) is 10.9 Å². The third kappa shape index (κ3) is 7.92. The molecule has 30 heavy (non-hydrogen) atoms. The topological polar surface area (TPSA) is 79.5 Å². The molecule has 2 aromatic carbocycles. The molecular formula is C23H23F2NO4. The van der Waals surface area contributed by atoms with E-state index in [4.69, 9.17) is 19.8 Å². The minimum atomic E-state index is -3.53. The van der Waals surface area contributed by atoms with E-state index >= 15 is 0 Å². The Labute approximate surface area is 174 Å². The highest BCUT2D eigenvalue weighted by molar-refractivity contribution is 5.85. The molecule has 0 aliphatic heterocycles. The van der Waals surface area contributed by atoms with E-state index in [0.29, 0.717) is 24.3 Å². The molecule has 0 radical (unpaired) electrons. The molecule has 0 fully saturated rings. The summed E-state index contributed by atoms with van der Waals surface area (Å²) in [5.74, 6) is -0.629. The van der Waals surface area contributed by atoms with Crippen molar-refractivity contribution in [3.8, 4) is 17.6 Å². The molecule has 2 aromatic rings. The smallest absolute Gasteiger partial charge is 0.426 e. The minimum absolute atomic E-state index is 0.0378. The first-order chi connectivity index (χ1) is 14.4. The van der Waals surface area contributed by atoms with Crippen LogP contribution in [0, 0.1) is 11.3 Å². The van der Waals surface area contributed by atoms with E-state index in [9.17, 15) is 13.6 Å². The number of hydrogen-bond acceptors (Lipinski definition) is 4. The number of unbranched alkanes of at least 4 members (excludes halogenated alkanes) is 4. The van der Waals surface area contributed by atoms with Gasteiger partial charge in [0.2, 0.25) is 0 Å². The van der Waals surface area contributed by atoms with Gasteiger partial charge in [-0.05, 0) is 60.9 Å². The van der Waals surface area contributed by atoms with Crippen molar-refractivity contribution >= 4 is 12.0 Å². The highest BCUT2D eigenvalue weighted by Crippen LogP contribution is 2.32. The molecule has 5 nitrogen and oxygen atoms in total. The van der Waals surface area contributed by atoms with Crippen molar-refractivity contribution in [2.24, 2.45) is 0 Å². The summed E-state index contributed by atoms with van der Waals surface area (Å²) in [5, 5.41) is 17.1. The third-order valence-electron chi connectivity index (χ3n) is 4.19. The number of carboxylic acids is 1. The molecule has 0 heterocycles. The SMILES string of the molecule is N#CCCCCCCOc1ccc(C(F)(F)Oc2ccc(/C=C/C(=O)O)cc2)cc1. The maximum Gasteiger partial charge on any atom is 0.426 e. The minimum Gasteiger partial charge on any atom is -0.494 e. The molecule has 0 aliphatic rings. The van der Waals surface area contributed by atoms with Gasteiger partial charge >= 0.3 is 12.1 Å². The van der Waals surface area contributed by atoms with Gasteiger partial charge in [0.25, 0.3) is 0 Å². The molecule has 0 saturated heterocycles. The molecule has 0 atom stereocenters. The van der Waals surface area contributed by atoms with Crippen LogP contribution in [0.5, 0.6) is 11.5 Å². The number of ether oxygens (including phenoxy) is 2. The highest BCUT2D eigenvalue weighted by Gasteiger charge is 2.34. The molecule has 1 N–H and O–H groups in total. The largest absolute Gasteiger partial charge is 0.494 e. The van der Waals surface area contributed by atoms with Crippen molar-refractivity contribution in [3.05, 3.63) is 65.7 Å². The molecule has 0 unspecified atom stereocenters. The van der Waals surface area contributed by atoms with Crippen molar-refractivity contribution in [2.45, 2.75) is 38.2 Å². The summed E-state index contributed by atoms with van der Waals surface area (Å²) < 4.78 is 39.2. The molecule has 158 valence electrons. The van der Waals surface area contributed by atoms with Crippen LogP contribution in [-0.4, -0.2) is 17.7 Å². The number of carboxylic acid groups (broad SMARTS) is 1. The maximum atomic E-state index is 14.4. The number of benzene rings is 2. The Morgan fingerprint density at radius 3 is 2.27 bits per heavy atom. The quantitative estimate of drug-likeness (QED) is 0.352. The Bertz CT molecular complexity index is 872. The van der Waals surface area contributed by atoms with E-state index in [1.807, 2.05) is 0 Å². The van der Waals surface area contributed by atoms with Crippen molar-refractivity contribution in [3.63, 3.8) is 0 Å². The molecule has 0 saturated carbocycles. The number of halogens is 2. The number of nitrogens with zero attached hydrogens (tertiary/aromatic N) is 1. The van der Waals surface area contributed by atoms with E-state index < -0.39 is 12.1 Å². The number of hydrogen-bond donors (Lipinski definition) is 1. The average Bonchev–Trinajstić information content (AvgIpc) is 2.72. The second kappa shape index (κ2) is 11.6. The van der Waals surface area contributed by atoms with Gasteiger partial charge in [-0.15, -0.1) is 0 Å². The van der Waals surface area contributed by atoms with E-state index in [1.165, 1.54) is 54.6 Å². The van der Waals surface area contributed by atoms with Gasteiger partial charge in [-0.2, -0.15) is 14.0 Å². The van der Waals surface area contributed by atoms with Crippen LogP contribution in [0.15, 0.2) is 54.6 Å². The van der Waals surface area contributed by atoms with Gasteiger partial charge in [0.1, 0.15) is 11.5 Å². The monoisotopic (exact) mass is 415 g/mol. The fourth-order valence-electron chi connectivity index (χ4n) is 2.62. The molecule has 2 rings (SSSR count). The second-order valence-corrected chi connectivity index (χ2v) is 6.55. The van der Waals surface area contributed by atoms with Gasteiger partial charge in [0.05, 0.1) is 18.2 Å². The van der Waals surface area contributed by atoms with Gasteiger partial charge < -0.3 is 14.6 Å². The van der Waals surface area contributed by atoms with Crippen LogP contribution in [0.3, 0.4) is 0 Å². The Kier molecular flexibility index (Phi) is 8.82. The van der Waals surface area contributed by atoms with Gasteiger partial charge in [-0.1, -0.05) is 25.0 Å². The van der Waals surface area contributed by atoms with Gasteiger partial charge in [0, 0.05) is 12.5 Å². The molecule has 0 bridgehead atoms. The Morgan fingerprint density at radius 1 is 1.00 bits per heavy atom. The zero-order valence-electron chi connectivity index (χ0n) is 16.4. The van der Waals surface area contributed by atoms with E-state index in [1.54, 1.807) is 0 Å². The van der Waals surface area contributed by atoms with Crippen LogP contribution in [0.25, 0.3) is 6.08 Å². The normalized spacial score (nSPS) is 11.2. The van der Waals surface area contributed by atoms with Crippen LogP contribution >= 0.6 is 0 Å². The van der Waals surface area contributed by atoms with E-state index in [0.717, 1.165) is 31.8 Å². The van der Waals surface area contributed by atoms with Crippen molar-refractivity contribution < 1.29 is 28.2 Å². The number of rotatable bonds is 12. The lowest BCUT2D eigenvalue weighted by Crippen LogP contribution is -2.21. The fraction of sp³-hybridized carbons (Fsp3) is 0.304. The number of nitriles is 1. The first-order valence-corrected chi connectivity index (χ1v) is 9.59. The number of carbonyl (C=O) groups is 1. The van der Waals surface area contributed by atoms with Crippen molar-refractivity contribution in [1.29, 1.82) is 5.26 Å². The van der Waals surface area contributed by atoms with Gasteiger partial charge in [-0.3, -0.25) is 0 Å². The van der Waals surface area contributed by atoms with Crippen LogP contribution in [0.4, 0.5) is 8.78 Å². The maximum absolute atomic E-state index is 14.4. The third-order valence-corrected chi connectivity index (χ3v) is 4.19. The van der Waals surface area contributed by atoms with E-state index in [2.05, 4.69) is 6.07 Å². The van der Waals surface area contributed by atoms with Crippen LogP contribution in [0.2, 0.25) is 0 Å². The lowest BCUT2D eigenvalue weighted by molar-refractivity contribution is -0.185. The summed E-state index contributed by atoms with van der Waals surface area (Å²) in [6.45, 7) is 0.488. The molecule has 0 aliphatic carbocycles. The summed E-state index contributed by atoms with van der Waals surface area (Å²) in [7, 11) is 0. The first kappa shape index (κ1) is 22.9. The Hall–Kier alpha value is -3.40. The van der Waals surface area contributed by atoms with Crippen molar-refractivity contribution in [1.82, 2.24) is 0 Å². The summed E-state index contributed by atoms with van der Waals surface area (Å²) >= 11 is 0. The summed E-state index contributed by atoms with van der Waals surface area (Å²) in [5.41, 5.74) is 0.251. The van der Waals surface area contributed by atoms with Gasteiger partial charge in [0.15, 0.2) is 0 Å². The molecular weight excluding hydrogens is 392 g/mol. The predicted octanol–water partition coefficient (Wildman–Crippen LogP) is 5.77. The standard InChI is InChI=1S/C23H23F2NO4/c24-23(25,30-21-11-6-18(7-12-21)8-15-22(27)28)19-9-13-20(14-10-19)29-17-5-3-1-2-4-16-26/h6-15H,1-5,17H2,(H,27,28)/b15-8+. The van der Waals surface area contributed by atoms with Crippen molar-refractivity contribution in [2.75, 3.05) is 6.61 Å².